The van der Waals surface area contributed by atoms with Crippen LogP contribution in [-0.2, 0) is 10.1 Å². The first-order valence-corrected chi connectivity index (χ1v) is 12.5. The quantitative estimate of drug-likeness (QED) is 0.200. The first-order valence-electron chi connectivity index (χ1n) is 11.0. The molecule has 26 heavy (non-hydrogen) atoms. The first-order chi connectivity index (χ1) is 12.4. The Bertz CT molecular complexity index is 395. The molecule has 158 valence electrons. The third-order valence-electron chi connectivity index (χ3n) is 5.31. The highest BCUT2D eigenvalue weighted by atomic mass is 32.2. The van der Waals surface area contributed by atoms with Crippen LogP contribution in [0.5, 0.6) is 0 Å². The van der Waals surface area contributed by atoms with Crippen molar-refractivity contribution in [2.75, 3.05) is 0 Å². The molecule has 5 heteroatoms. The van der Waals surface area contributed by atoms with Crippen LogP contribution in [-0.4, -0.2) is 29.4 Å². The van der Waals surface area contributed by atoms with E-state index in [2.05, 4.69) is 6.92 Å². The number of unbranched alkanes of at least 4 members (excludes halogenated alkanes) is 13. The molecule has 2 unspecified atom stereocenters. The molecule has 0 aliphatic rings. The number of hydrogen-bond donors (Lipinski definition) is 2. The van der Waals surface area contributed by atoms with Crippen LogP contribution in [0.1, 0.15) is 123 Å². The maximum atomic E-state index is 10.9. The highest BCUT2D eigenvalue weighted by molar-refractivity contribution is 7.86. The van der Waals surface area contributed by atoms with Gasteiger partial charge in [-0.15, -0.1) is 0 Å². The lowest BCUT2D eigenvalue weighted by molar-refractivity contribution is 0.148. The van der Waals surface area contributed by atoms with E-state index < -0.39 is 21.5 Å². The minimum absolute atomic E-state index is 0.318. The van der Waals surface area contributed by atoms with Crippen LogP contribution in [0.4, 0.5) is 0 Å². The zero-order chi connectivity index (χ0) is 19.7. The summed E-state index contributed by atoms with van der Waals surface area (Å²) in [6.07, 6.45) is 19.5. The number of aliphatic hydroxyl groups excluding tert-OH is 1. The van der Waals surface area contributed by atoms with Crippen molar-refractivity contribution in [1.82, 2.24) is 0 Å². The lowest BCUT2D eigenvalue weighted by Crippen LogP contribution is -2.19. The molecule has 0 saturated carbocycles. The zero-order valence-electron chi connectivity index (χ0n) is 17.3. The van der Waals surface area contributed by atoms with Crippen molar-refractivity contribution in [3.63, 3.8) is 0 Å². The van der Waals surface area contributed by atoms with Gasteiger partial charge in [-0.2, -0.15) is 8.42 Å². The molecule has 0 aliphatic carbocycles. The van der Waals surface area contributed by atoms with E-state index in [0.29, 0.717) is 12.8 Å². The molecule has 0 fully saturated rings. The van der Waals surface area contributed by atoms with E-state index in [1.165, 1.54) is 84.0 Å². The van der Waals surface area contributed by atoms with Crippen LogP contribution in [0.3, 0.4) is 0 Å². The van der Waals surface area contributed by atoms with Gasteiger partial charge in [0.15, 0.2) is 0 Å². The molecule has 2 atom stereocenters. The zero-order valence-corrected chi connectivity index (χ0v) is 18.1. The minimum Gasteiger partial charge on any atom is -0.393 e. The fourth-order valence-corrected chi connectivity index (χ4v) is 3.73. The fourth-order valence-electron chi connectivity index (χ4n) is 3.29. The Balaban J connectivity index is 3.28. The summed E-state index contributed by atoms with van der Waals surface area (Å²) in [6, 6.07) is 0. The minimum atomic E-state index is -3.96. The molecule has 0 aromatic heterocycles. The first kappa shape index (κ1) is 25.9. The van der Waals surface area contributed by atoms with Gasteiger partial charge in [-0.05, 0) is 26.2 Å². The second kappa shape index (κ2) is 17.0. The normalized spacial score (nSPS) is 14.5. The lowest BCUT2D eigenvalue weighted by Gasteiger charge is -2.13. The molecule has 0 rings (SSSR count). The third kappa shape index (κ3) is 17.3. The van der Waals surface area contributed by atoms with Crippen molar-refractivity contribution in [1.29, 1.82) is 0 Å². The van der Waals surface area contributed by atoms with Gasteiger partial charge in [-0.1, -0.05) is 96.8 Å². The average molecular weight is 393 g/mol. The van der Waals surface area contributed by atoms with Crippen molar-refractivity contribution in [3.8, 4) is 0 Å². The van der Waals surface area contributed by atoms with Gasteiger partial charge in [-0.25, -0.2) is 0 Å². The molecule has 0 aliphatic heterocycles. The predicted molar refractivity (Wildman–Crippen MR) is 111 cm³/mol. The summed E-state index contributed by atoms with van der Waals surface area (Å²) in [5.74, 6) is 0. The summed E-state index contributed by atoms with van der Waals surface area (Å²) in [6.45, 7) is 3.74. The Morgan fingerprint density at radius 3 is 1.42 bits per heavy atom. The summed E-state index contributed by atoms with van der Waals surface area (Å²) >= 11 is 0. The van der Waals surface area contributed by atoms with Gasteiger partial charge in [-0.3, -0.25) is 4.55 Å². The van der Waals surface area contributed by atoms with Crippen LogP contribution in [0.25, 0.3) is 0 Å². The summed E-state index contributed by atoms with van der Waals surface area (Å²) in [5, 5.41) is 9.09. The van der Waals surface area contributed by atoms with Gasteiger partial charge in [0.25, 0.3) is 10.1 Å². The Morgan fingerprint density at radius 1 is 0.654 bits per heavy atom. The van der Waals surface area contributed by atoms with Gasteiger partial charge < -0.3 is 5.11 Å². The molecule has 4 nitrogen and oxygen atoms in total. The molecular weight excluding hydrogens is 348 g/mol. The molecule has 0 amide bonds. The molecule has 0 aromatic carbocycles. The van der Waals surface area contributed by atoms with Crippen LogP contribution in [0, 0.1) is 0 Å². The molecule has 0 heterocycles. The topological polar surface area (TPSA) is 74.6 Å². The number of aliphatic hydroxyl groups is 1. The van der Waals surface area contributed by atoms with E-state index in [1.54, 1.807) is 0 Å². The molecule has 0 saturated heterocycles. The average Bonchev–Trinajstić information content (AvgIpc) is 2.59. The van der Waals surface area contributed by atoms with Crippen molar-refractivity contribution >= 4 is 10.1 Å². The molecule has 0 bridgehead atoms. The summed E-state index contributed by atoms with van der Waals surface area (Å²) in [5.41, 5.74) is 0. The Hall–Kier alpha value is -0.130. The Kier molecular flexibility index (Phi) is 16.9. The van der Waals surface area contributed by atoms with Crippen LogP contribution < -0.4 is 0 Å². The highest BCUT2D eigenvalue weighted by Crippen LogP contribution is 2.16. The maximum absolute atomic E-state index is 10.9. The van der Waals surface area contributed by atoms with Gasteiger partial charge in [0.2, 0.25) is 0 Å². The van der Waals surface area contributed by atoms with Crippen molar-refractivity contribution < 1.29 is 18.1 Å². The van der Waals surface area contributed by atoms with Gasteiger partial charge >= 0.3 is 0 Å². The smallest absolute Gasteiger partial charge is 0.267 e. The van der Waals surface area contributed by atoms with E-state index >= 15 is 0 Å². The molecule has 0 aromatic rings. The van der Waals surface area contributed by atoms with Crippen LogP contribution in [0.2, 0.25) is 0 Å². The molecule has 0 radical (unpaired) electrons. The fraction of sp³-hybridized carbons (Fsp3) is 1.00. The highest BCUT2D eigenvalue weighted by Gasteiger charge is 2.18. The van der Waals surface area contributed by atoms with Crippen LogP contribution >= 0.6 is 0 Å². The number of rotatable bonds is 19. The summed E-state index contributed by atoms with van der Waals surface area (Å²) in [4.78, 5) is 0. The van der Waals surface area contributed by atoms with Gasteiger partial charge in [0, 0.05) is 0 Å². The Morgan fingerprint density at radius 2 is 1.04 bits per heavy atom. The molecular formula is C21H44O4S. The van der Waals surface area contributed by atoms with E-state index in [-0.39, 0.29) is 0 Å². The van der Waals surface area contributed by atoms with E-state index in [0.717, 1.165) is 19.3 Å². The van der Waals surface area contributed by atoms with Crippen LogP contribution in [0.15, 0.2) is 0 Å². The standard InChI is InChI=1S/C21H44O4S/c1-3-4-5-6-7-8-9-10-11-12-13-14-15-16-17-21(22)19-18-20(2)26(23,24)25/h20-22H,3-19H2,1-2H3,(H,23,24,25). The second-order valence-corrected chi connectivity index (χ2v) is 9.78. The Labute approximate surface area is 162 Å². The van der Waals surface area contributed by atoms with Crippen molar-refractivity contribution in [3.05, 3.63) is 0 Å². The van der Waals surface area contributed by atoms with E-state index in [4.69, 9.17) is 4.55 Å². The third-order valence-corrected chi connectivity index (χ3v) is 6.56. The SMILES string of the molecule is CCCCCCCCCCCCCCCCC(O)CCC(C)S(=O)(=O)O. The van der Waals surface area contributed by atoms with Gasteiger partial charge in [0.1, 0.15) is 0 Å². The monoisotopic (exact) mass is 392 g/mol. The summed E-state index contributed by atoms with van der Waals surface area (Å²) in [7, 11) is -3.96. The molecule has 2 N–H and O–H groups in total. The molecule has 0 spiro atoms. The van der Waals surface area contributed by atoms with Crippen molar-refractivity contribution in [2.24, 2.45) is 0 Å². The second-order valence-electron chi connectivity index (χ2n) is 7.94. The lowest BCUT2D eigenvalue weighted by atomic mass is 10.0. The van der Waals surface area contributed by atoms with Gasteiger partial charge in [0.05, 0.1) is 11.4 Å². The number of hydrogen-bond acceptors (Lipinski definition) is 3. The van der Waals surface area contributed by atoms with E-state index in [9.17, 15) is 13.5 Å². The van der Waals surface area contributed by atoms with E-state index in [1.807, 2.05) is 0 Å². The maximum Gasteiger partial charge on any atom is 0.267 e. The largest absolute Gasteiger partial charge is 0.393 e. The summed E-state index contributed by atoms with van der Waals surface area (Å²) < 4.78 is 30.7. The predicted octanol–water partition coefficient (Wildman–Crippen LogP) is 6.28. The van der Waals surface area contributed by atoms with Crippen molar-refractivity contribution in [2.45, 2.75) is 134 Å².